The molecule has 1 aromatic heterocycles. The van der Waals surface area contributed by atoms with Crippen LogP contribution in [0.4, 0.5) is 11.6 Å². The molecular formula is C27H34N6O2. The van der Waals surface area contributed by atoms with Gasteiger partial charge >= 0.3 is 0 Å². The van der Waals surface area contributed by atoms with Gasteiger partial charge < -0.3 is 26.0 Å². The Bertz CT molecular complexity index is 1100. The van der Waals surface area contributed by atoms with E-state index in [-0.39, 0.29) is 18.0 Å². The summed E-state index contributed by atoms with van der Waals surface area (Å²) in [5.74, 6) is 2.50. The van der Waals surface area contributed by atoms with Gasteiger partial charge in [0.25, 0.3) is 0 Å². The van der Waals surface area contributed by atoms with Crippen molar-refractivity contribution in [3.63, 3.8) is 0 Å². The van der Waals surface area contributed by atoms with Gasteiger partial charge in [0.05, 0.1) is 5.56 Å². The van der Waals surface area contributed by atoms with Gasteiger partial charge in [0.15, 0.2) is 0 Å². The lowest BCUT2D eigenvalue weighted by Gasteiger charge is -2.36. The van der Waals surface area contributed by atoms with Crippen LogP contribution in [0.25, 0.3) is 11.1 Å². The monoisotopic (exact) mass is 474 g/mol. The van der Waals surface area contributed by atoms with Crippen LogP contribution in [0, 0.1) is 0 Å². The van der Waals surface area contributed by atoms with Gasteiger partial charge in [-0.1, -0.05) is 43.0 Å². The van der Waals surface area contributed by atoms with E-state index >= 15 is 0 Å². The zero-order valence-electron chi connectivity index (χ0n) is 20.6. The van der Waals surface area contributed by atoms with Crippen LogP contribution in [0.2, 0.25) is 0 Å². The average Bonchev–Trinajstić information content (AvgIpc) is 2.78. The Kier molecular flexibility index (Phi) is 9.20. The number of hydrogen-bond acceptors (Lipinski definition) is 7. The molecule has 2 aromatic rings. The minimum absolute atomic E-state index is 0.0635. The number of allylic oxidation sites excluding steroid dienone is 5. The van der Waals surface area contributed by atoms with Crippen molar-refractivity contribution >= 4 is 17.5 Å². The molecule has 4 N–H and O–H groups in total. The van der Waals surface area contributed by atoms with Crippen LogP contribution in [0.15, 0.2) is 79.4 Å². The molecule has 3 rings (SSSR count). The first-order valence-electron chi connectivity index (χ1n) is 11.6. The summed E-state index contributed by atoms with van der Waals surface area (Å²) in [6.45, 7) is 6.27. The Morgan fingerprint density at radius 3 is 2.63 bits per heavy atom. The number of amides is 1. The number of carbonyl (C=O) groups excluding carboxylic acids is 1. The number of hydrogen-bond donors (Lipinski definition) is 3. The number of nitrogen functional groups attached to an aromatic ring is 1. The van der Waals surface area contributed by atoms with Crippen molar-refractivity contribution in [1.82, 2.24) is 20.2 Å². The topological polar surface area (TPSA) is 105 Å². The fourth-order valence-corrected chi connectivity index (χ4v) is 3.64. The van der Waals surface area contributed by atoms with Gasteiger partial charge in [0.1, 0.15) is 29.5 Å². The summed E-state index contributed by atoms with van der Waals surface area (Å²) >= 11 is 0. The standard InChI is InChI=1S/C27H34N6O2/c1-5-6-7-9-19(2)35-23-13-11-20(12-14-23)25-26(28)29-18-30-27(25)32-22-16-21(17-22)31-24(34)10-8-15-33(3)4/h5-14,18,21-22H,1,15-17H2,2-4H3,(H,31,34)(H3,28,29,30,32)/b7-6-,10-8+,19-9+/t21-,22-. The van der Waals surface area contributed by atoms with E-state index in [1.54, 1.807) is 12.2 Å². The van der Waals surface area contributed by atoms with E-state index in [2.05, 4.69) is 27.2 Å². The summed E-state index contributed by atoms with van der Waals surface area (Å²) in [5.41, 5.74) is 7.86. The Balaban J connectivity index is 1.60. The maximum absolute atomic E-state index is 12.0. The number of ether oxygens (including phenoxy) is 1. The fourth-order valence-electron chi connectivity index (χ4n) is 3.64. The van der Waals surface area contributed by atoms with Crippen molar-refractivity contribution < 1.29 is 9.53 Å². The van der Waals surface area contributed by atoms with Gasteiger partial charge in [-0.05, 0) is 57.6 Å². The van der Waals surface area contributed by atoms with Crippen molar-refractivity contribution in [2.24, 2.45) is 0 Å². The number of likely N-dealkylation sites (N-methyl/N-ethyl adjacent to an activating group) is 1. The highest BCUT2D eigenvalue weighted by atomic mass is 16.5. The number of nitrogens with two attached hydrogens (primary N) is 1. The summed E-state index contributed by atoms with van der Waals surface area (Å²) in [6, 6.07) is 7.98. The fraction of sp³-hybridized carbons (Fsp3) is 0.296. The number of nitrogens with zero attached hydrogens (tertiary/aromatic N) is 3. The molecule has 0 unspecified atom stereocenters. The third-order valence-electron chi connectivity index (χ3n) is 5.44. The van der Waals surface area contributed by atoms with Gasteiger partial charge in [0.2, 0.25) is 5.91 Å². The molecule has 1 heterocycles. The third-order valence-corrected chi connectivity index (χ3v) is 5.44. The number of benzene rings is 1. The first kappa shape index (κ1) is 25.7. The van der Waals surface area contributed by atoms with Crippen molar-refractivity contribution in [2.75, 3.05) is 31.7 Å². The maximum Gasteiger partial charge on any atom is 0.243 e. The van der Waals surface area contributed by atoms with Crippen LogP contribution in [0.5, 0.6) is 5.75 Å². The molecule has 8 nitrogen and oxygen atoms in total. The number of rotatable bonds is 11. The van der Waals surface area contributed by atoms with Gasteiger partial charge in [0, 0.05) is 24.7 Å². The molecule has 0 bridgehead atoms. The second-order valence-electron chi connectivity index (χ2n) is 8.69. The molecule has 0 aliphatic heterocycles. The quantitative estimate of drug-likeness (QED) is 0.257. The van der Waals surface area contributed by atoms with Crippen LogP contribution in [0.1, 0.15) is 19.8 Å². The summed E-state index contributed by atoms with van der Waals surface area (Å²) in [4.78, 5) is 22.7. The molecule has 184 valence electrons. The summed E-state index contributed by atoms with van der Waals surface area (Å²) < 4.78 is 5.84. The minimum atomic E-state index is -0.0635. The molecule has 35 heavy (non-hydrogen) atoms. The van der Waals surface area contributed by atoms with Crippen LogP contribution >= 0.6 is 0 Å². The molecule has 1 amide bonds. The molecule has 8 heteroatoms. The van der Waals surface area contributed by atoms with E-state index in [1.807, 2.05) is 74.5 Å². The first-order chi connectivity index (χ1) is 16.9. The Morgan fingerprint density at radius 1 is 1.20 bits per heavy atom. The van der Waals surface area contributed by atoms with Gasteiger partial charge in [-0.2, -0.15) is 0 Å². The predicted molar refractivity (Wildman–Crippen MR) is 142 cm³/mol. The molecule has 1 aliphatic rings. The summed E-state index contributed by atoms with van der Waals surface area (Å²) in [7, 11) is 3.92. The predicted octanol–water partition coefficient (Wildman–Crippen LogP) is 3.93. The SMILES string of the molecule is C=C/C=C\C=C(/C)Oc1ccc(-c2c(N)ncnc2N[C@H]2C[C@H](NC(=O)/C=C/CN(C)C)C2)cc1. The van der Waals surface area contributed by atoms with Gasteiger partial charge in [-0.15, -0.1) is 0 Å². The molecule has 1 saturated carbocycles. The smallest absolute Gasteiger partial charge is 0.243 e. The van der Waals surface area contributed by atoms with E-state index in [4.69, 9.17) is 10.5 Å². The molecular weight excluding hydrogens is 440 g/mol. The van der Waals surface area contributed by atoms with Crippen molar-refractivity contribution in [1.29, 1.82) is 0 Å². The Morgan fingerprint density at radius 2 is 1.94 bits per heavy atom. The van der Waals surface area contributed by atoms with E-state index < -0.39 is 0 Å². The number of anilines is 2. The molecule has 0 radical (unpaired) electrons. The largest absolute Gasteiger partial charge is 0.462 e. The van der Waals surface area contributed by atoms with Gasteiger partial charge in [-0.3, -0.25) is 4.79 Å². The Hall–Kier alpha value is -3.91. The van der Waals surface area contributed by atoms with E-state index in [0.717, 1.165) is 42.0 Å². The zero-order valence-corrected chi connectivity index (χ0v) is 20.6. The summed E-state index contributed by atoms with van der Waals surface area (Å²) in [5, 5.41) is 6.49. The van der Waals surface area contributed by atoms with E-state index in [9.17, 15) is 4.79 Å². The Labute approximate surface area is 207 Å². The highest BCUT2D eigenvalue weighted by Gasteiger charge is 2.31. The lowest BCUT2D eigenvalue weighted by Crippen LogP contribution is -2.49. The minimum Gasteiger partial charge on any atom is -0.462 e. The second-order valence-corrected chi connectivity index (χ2v) is 8.69. The second kappa shape index (κ2) is 12.5. The van der Waals surface area contributed by atoms with Crippen molar-refractivity contribution in [3.8, 4) is 16.9 Å². The lowest BCUT2D eigenvalue weighted by molar-refractivity contribution is -0.117. The molecule has 0 atom stereocenters. The van der Waals surface area contributed by atoms with Crippen LogP contribution < -0.4 is 21.1 Å². The van der Waals surface area contributed by atoms with Crippen molar-refractivity contribution in [2.45, 2.75) is 31.8 Å². The van der Waals surface area contributed by atoms with Crippen LogP contribution in [-0.4, -0.2) is 53.5 Å². The maximum atomic E-state index is 12.0. The molecule has 0 spiro atoms. The molecule has 1 fully saturated rings. The lowest BCUT2D eigenvalue weighted by atomic mass is 9.86. The number of aromatic nitrogens is 2. The zero-order chi connectivity index (χ0) is 25.2. The third kappa shape index (κ3) is 7.82. The number of nitrogens with one attached hydrogen (secondary N) is 2. The first-order valence-corrected chi connectivity index (χ1v) is 11.6. The highest BCUT2D eigenvalue weighted by Crippen LogP contribution is 2.34. The van der Waals surface area contributed by atoms with Crippen LogP contribution in [-0.2, 0) is 4.79 Å². The van der Waals surface area contributed by atoms with Crippen molar-refractivity contribution in [3.05, 3.63) is 79.4 Å². The molecule has 1 aliphatic carbocycles. The average molecular weight is 475 g/mol. The van der Waals surface area contributed by atoms with E-state index in [0.29, 0.717) is 11.6 Å². The van der Waals surface area contributed by atoms with Gasteiger partial charge in [-0.25, -0.2) is 9.97 Å². The van der Waals surface area contributed by atoms with Crippen LogP contribution in [0.3, 0.4) is 0 Å². The molecule has 1 aromatic carbocycles. The number of carbonyl (C=O) groups is 1. The normalized spacial score (nSPS) is 18.0. The highest BCUT2D eigenvalue weighted by molar-refractivity contribution is 5.88. The molecule has 0 saturated heterocycles. The van der Waals surface area contributed by atoms with E-state index in [1.165, 1.54) is 6.33 Å². The summed E-state index contributed by atoms with van der Waals surface area (Å²) in [6.07, 6.45) is 13.8.